The smallest absolute Gasteiger partial charge is 0.237 e. The highest BCUT2D eigenvalue weighted by Crippen LogP contribution is 2.33. The number of hydrogen-bond acceptors (Lipinski definition) is 4. The van der Waals surface area contributed by atoms with E-state index in [1.54, 1.807) is 0 Å². The third kappa shape index (κ3) is 3.29. The molecule has 2 aromatic carbocycles. The van der Waals surface area contributed by atoms with Gasteiger partial charge >= 0.3 is 0 Å². The molecule has 0 fully saturated rings. The number of carbonyl (C=O) groups excluding carboxylic acids is 1. The summed E-state index contributed by atoms with van der Waals surface area (Å²) < 4.78 is 0. The number of thioether (sulfide) groups is 1. The Morgan fingerprint density at radius 3 is 2.93 bits per heavy atom. The molecular weight excluding hydrogens is 354 g/mol. The fourth-order valence-corrected chi connectivity index (χ4v) is 4.44. The van der Waals surface area contributed by atoms with Gasteiger partial charge < -0.3 is 4.90 Å². The Hall–Kier alpha value is -2.84. The average Bonchev–Trinajstić information content (AvgIpc) is 3.01. The molecule has 0 saturated heterocycles. The van der Waals surface area contributed by atoms with E-state index in [9.17, 15) is 10.1 Å². The lowest BCUT2D eigenvalue weighted by Crippen LogP contribution is -2.37. The van der Waals surface area contributed by atoms with Crippen LogP contribution in [0.2, 0.25) is 0 Å². The fourth-order valence-electron chi connectivity index (χ4n) is 3.61. The summed E-state index contributed by atoms with van der Waals surface area (Å²) in [5.41, 5.74) is 4.69. The Balaban J connectivity index is 1.58. The highest BCUT2D eigenvalue weighted by Gasteiger charge is 2.30. The first-order valence-corrected chi connectivity index (χ1v) is 9.89. The quantitative estimate of drug-likeness (QED) is 0.635. The standard InChI is InChI=1S/C22H19N3OS/c1-14-7-8-19-17(9-14)11-18(12-23)22(24-19)27-13-21(26)25-15(2)10-16-5-3-4-6-20(16)25/h3-9,11,15H,10,13H2,1-2H3/t15-/m1/s1. The summed E-state index contributed by atoms with van der Waals surface area (Å²) in [6, 6.07) is 18.2. The number of nitrogens with zero attached hydrogens (tertiary/aromatic N) is 3. The van der Waals surface area contributed by atoms with Crippen LogP contribution in [0.5, 0.6) is 0 Å². The maximum atomic E-state index is 12.9. The van der Waals surface area contributed by atoms with Crippen LogP contribution in [0.1, 0.15) is 23.6 Å². The lowest BCUT2D eigenvalue weighted by atomic mass is 10.1. The zero-order valence-corrected chi connectivity index (χ0v) is 16.1. The molecule has 5 heteroatoms. The molecule has 1 aliphatic heterocycles. The SMILES string of the molecule is Cc1ccc2nc(SCC(=O)N3c4ccccc4C[C@H]3C)c(C#N)cc2c1. The molecule has 134 valence electrons. The number of fused-ring (bicyclic) bond motifs is 2. The maximum Gasteiger partial charge on any atom is 0.237 e. The molecule has 0 bridgehead atoms. The Morgan fingerprint density at radius 2 is 2.11 bits per heavy atom. The number of pyridine rings is 1. The molecule has 1 aliphatic rings. The van der Waals surface area contributed by atoms with E-state index in [1.807, 2.05) is 54.3 Å². The van der Waals surface area contributed by atoms with Crippen LogP contribution in [0.15, 0.2) is 53.6 Å². The van der Waals surface area contributed by atoms with Gasteiger partial charge in [0.2, 0.25) is 5.91 Å². The van der Waals surface area contributed by atoms with Crippen molar-refractivity contribution in [3.63, 3.8) is 0 Å². The number of para-hydroxylation sites is 1. The van der Waals surface area contributed by atoms with E-state index in [-0.39, 0.29) is 17.7 Å². The van der Waals surface area contributed by atoms with E-state index >= 15 is 0 Å². The zero-order chi connectivity index (χ0) is 19.0. The summed E-state index contributed by atoms with van der Waals surface area (Å²) in [6.45, 7) is 4.09. The molecule has 27 heavy (non-hydrogen) atoms. The van der Waals surface area contributed by atoms with Gasteiger partial charge in [0.25, 0.3) is 0 Å². The second kappa shape index (κ2) is 7.05. The number of aromatic nitrogens is 1. The van der Waals surface area contributed by atoms with Crippen molar-refractivity contribution in [1.82, 2.24) is 4.98 Å². The van der Waals surface area contributed by atoms with Crippen molar-refractivity contribution in [1.29, 1.82) is 5.26 Å². The monoisotopic (exact) mass is 373 g/mol. The van der Waals surface area contributed by atoms with Crippen LogP contribution in [0.25, 0.3) is 10.9 Å². The predicted octanol–water partition coefficient (Wildman–Crippen LogP) is 4.48. The number of aryl methyl sites for hydroxylation is 1. The van der Waals surface area contributed by atoms with Crippen molar-refractivity contribution in [3.05, 3.63) is 65.2 Å². The summed E-state index contributed by atoms with van der Waals surface area (Å²) in [5, 5.41) is 11.1. The van der Waals surface area contributed by atoms with Gasteiger partial charge in [-0.05, 0) is 50.1 Å². The molecule has 0 saturated carbocycles. The molecule has 4 nitrogen and oxygen atoms in total. The molecule has 3 aromatic rings. The number of amides is 1. The van der Waals surface area contributed by atoms with Gasteiger partial charge in [-0.25, -0.2) is 4.98 Å². The van der Waals surface area contributed by atoms with Gasteiger partial charge in [-0.15, -0.1) is 0 Å². The number of carbonyl (C=O) groups is 1. The van der Waals surface area contributed by atoms with Crippen LogP contribution in [0, 0.1) is 18.3 Å². The van der Waals surface area contributed by atoms with Gasteiger partial charge in [-0.2, -0.15) is 5.26 Å². The normalized spacial score (nSPS) is 15.6. The second-order valence-corrected chi connectivity index (χ2v) is 7.85. The molecule has 0 N–H and O–H groups in total. The van der Waals surface area contributed by atoms with Gasteiger partial charge in [0, 0.05) is 17.1 Å². The first-order valence-electron chi connectivity index (χ1n) is 8.91. The Bertz CT molecular complexity index is 1090. The minimum absolute atomic E-state index is 0.0483. The third-order valence-electron chi connectivity index (χ3n) is 4.86. The van der Waals surface area contributed by atoms with E-state index < -0.39 is 0 Å². The molecule has 0 spiro atoms. The van der Waals surface area contributed by atoms with Gasteiger partial charge in [-0.3, -0.25) is 4.79 Å². The van der Waals surface area contributed by atoms with Crippen LogP contribution >= 0.6 is 11.8 Å². The third-order valence-corrected chi connectivity index (χ3v) is 5.84. The molecule has 0 unspecified atom stereocenters. The highest BCUT2D eigenvalue weighted by atomic mass is 32.2. The molecule has 1 amide bonds. The van der Waals surface area contributed by atoms with E-state index in [1.165, 1.54) is 17.3 Å². The Labute approximate surface area is 162 Å². The van der Waals surface area contributed by atoms with Crippen LogP contribution in [-0.2, 0) is 11.2 Å². The summed E-state index contributed by atoms with van der Waals surface area (Å²) in [6.07, 6.45) is 0.879. The average molecular weight is 373 g/mol. The second-order valence-electron chi connectivity index (χ2n) is 6.88. The first-order chi connectivity index (χ1) is 13.1. The van der Waals surface area contributed by atoms with E-state index in [2.05, 4.69) is 24.0 Å². The lowest BCUT2D eigenvalue weighted by molar-refractivity contribution is -0.116. The van der Waals surface area contributed by atoms with E-state index in [4.69, 9.17) is 0 Å². The summed E-state index contributed by atoms with van der Waals surface area (Å²) in [5.74, 6) is 0.310. The minimum atomic E-state index is 0.0483. The summed E-state index contributed by atoms with van der Waals surface area (Å²) in [7, 11) is 0. The van der Waals surface area contributed by atoms with Gasteiger partial charge in [0.15, 0.2) is 0 Å². The van der Waals surface area contributed by atoms with Crippen LogP contribution < -0.4 is 4.90 Å². The van der Waals surface area contributed by atoms with Crippen molar-refractivity contribution in [3.8, 4) is 6.07 Å². The number of anilines is 1. The van der Waals surface area contributed by atoms with Crippen LogP contribution in [0.4, 0.5) is 5.69 Å². The van der Waals surface area contributed by atoms with Gasteiger partial charge in [-0.1, -0.05) is 41.6 Å². The number of rotatable bonds is 3. The lowest BCUT2D eigenvalue weighted by Gasteiger charge is -2.22. The topological polar surface area (TPSA) is 57.0 Å². The van der Waals surface area contributed by atoms with Gasteiger partial charge in [0.1, 0.15) is 11.1 Å². The number of nitriles is 1. The van der Waals surface area contributed by atoms with Crippen molar-refractivity contribution in [2.45, 2.75) is 31.3 Å². The Morgan fingerprint density at radius 1 is 1.30 bits per heavy atom. The van der Waals surface area contributed by atoms with Crippen molar-refractivity contribution in [2.75, 3.05) is 10.7 Å². The largest absolute Gasteiger partial charge is 0.308 e. The minimum Gasteiger partial charge on any atom is -0.308 e. The molecule has 1 aromatic heterocycles. The van der Waals surface area contributed by atoms with E-state index in [0.29, 0.717) is 10.6 Å². The highest BCUT2D eigenvalue weighted by molar-refractivity contribution is 8.00. The number of hydrogen-bond donors (Lipinski definition) is 0. The van der Waals surface area contributed by atoms with E-state index in [0.717, 1.165) is 28.6 Å². The fraction of sp³-hybridized carbons (Fsp3) is 0.227. The van der Waals surface area contributed by atoms with Crippen LogP contribution in [0.3, 0.4) is 0 Å². The molecule has 2 heterocycles. The Kier molecular flexibility index (Phi) is 4.59. The van der Waals surface area contributed by atoms with Crippen molar-refractivity contribution < 1.29 is 4.79 Å². The summed E-state index contributed by atoms with van der Waals surface area (Å²) >= 11 is 1.34. The molecule has 4 rings (SSSR count). The van der Waals surface area contributed by atoms with Gasteiger partial charge in [0.05, 0.1) is 16.8 Å². The number of benzene rings is 2. The summed E-state index contributed by atoms with van der Waals surface area (Å²) in [4.78, 5) is 19.4. The molecular formula is C22H19N3OS. The van der Waals surface area contributed by atoms with Crippen molar-refractivity contribution >= 4 is 34.3 Å². The van der Waals surface area contributed by atoms with Crippen LogP contribution in [-0.4, -0.2) is 22.7 Å². The molecule has 0 radical (unpaired) electrons. The maximum absolute atomic E-state index is 12.9. The first kappa shape index (κ1) is 17.6. The zero-order valence-electron chi connectivity index (χ0n) is 15.3. The molecule has 1 atom stereocenters. The predicted molar refractivity (Wildman–Crippen MR) is 109 cm³/mol. The molecule has 0 aliphatic carbocycles. The van der Waals surface area contributed by atoms with Crippen molar-refractivity contribution in [2.24, 2.45) is 0 Å².